The Morgan fingerprint density at radius 3 is 2.11 bits per heavy atom. The second-order valence-corrected chi connectivity index (χ2v) is 4.56. The van der Waals surface area contributed by atoms with Crippen molar-refractivity contribution in [3.8, 4) is 0 Å². The predicted molar refractivity (Wildman–Crippen MR) is 31.3 cm³/mol. The first-order chi connectivity index (χ1) is 4.01. The van der Waals surface area contributed by atoms with Crippen molar-refractivity contribution in [1.29, 1.82) is 0 Å². The van der Waals surface area contributed by atoms with Gasteiger partial charge in [-0.2, -0.15) is 0 Å². The zero-order valence-corrected chi connectivity index (χ0v) is 5.76. The van der Waals surface area contributed by atoms with Crippen LogP contribution in [-0.4, -0.2) is 37.2 Å². The standard InChI is InChI=1S/C4H9NO3S/c5-3-1-9(7,8)2-4(3)6/h3-4,6H,1-2,5H2/p+1/t3-,4+/m0/s1. The fourth-order valence-electron chi connectivity index (χ4n) is 0.902. The van der Waals surface area contributed by atoms with E-state index >= 15 is 0 Å². The molecule has 0 aliphatic carbocycles. The van der Waals surface area contributed by atoms with Crippen molar-refractivity contribution in [1.82, 2.24) is 0 Å². The zero-order chi connectivity index (χ0) is 7.07. The third kappa shape index (κ3) is 1.41. The van der Waals surface area contributed by atoms with Crippen LogP contribution < -0.4 is 5.73 Å². The molecule has 1 aliphatic heterocycles. The molecule has 1 heterocycles. The van der Waals surface area contributed by atoms with Crippen molar-refractivity contribution < 1.29 is 19.3 Å². The average Bonchev–Trinajstić information content (AvgIpc) is 1.79. The third-order valence-corrected chi connectivity index (χ3v) is 3.22. The first-order valence-electron chi connectivity index (χ1n) is 2.73. The van der Waals surface area contributed by atoms with Crippen LogP contribution in [0.2, 0.25) is 0 Å². The smallest absolute Gasteiger partial charge is 0.159 e. The Hall–Kier alpha value is -0.130. The lowest BCUT2D eigenvalue weighted by molar-refractivity contribution is -0.425. The van der Waals surface area contributed by atoms with Crippen molar-refractivity contribution in [2.75, 3.05) is 11.5 Å². The number of sulfone groups is 1. The van der Waals surface area contributed by atoms with Gasteiger partial charge in [0.25, 0.3) is 0 Å². The van der Waals surface area contributed by atoms with Crippen molar-refractivity contribution in [2.45, 2.75) is 12.1 Å². The number of hydrogen-bond acceptors (Lipinski definition) is 3. The van der Waals surface area contributed by atoms with Gasteiger partial charge in [0.2, 0.25) is 0 Å². The molecule has 1 fully saturated rings. The summed E-state index contributed by atoms with van der Waals surface area (Å²) in [5.74, 6) is -0.0741. The van der Waals surface area contributed by atoms with Gasteiger partial charge in [0, 0.05) is 0 Å². The average molecular weight is 152 g/mol. The van der Waals surface area contributed by atoms with Crippen LogP contribution in [0.1, 0.15) is 0 Å². The molecule has 0 bridgehead atoms. The van der Waals surface area contributed by atoms with Crippen molar-refractivity contribution >= 4 is 9.84 Å². The van der Waals surface area contributed by atoms with Gasteiger partial charge >= 0.3 is 0 Å². The van der Waals surface area contributed by atoms with E-state index in [2.05, 4.69) is 5.73 Å². The van der Waals surface area contributed by atoms with Crippen LogP contribution in [0, 0.1) is 0 Å². The summed E-state index contributed by atoms with van der Waals surface area (Å²) in [5.41, 5.74) is 3.48. The molecule has 0 aromatic heterocycles. The van der Waals surface area contributed by atoms with E-state index in [1.54, 1.807) is 0 Å². The topological polar surface area (TPSA) is 82.0 Å². The number of aliphatic hydroxyl groups excluding tert-OH is 1. The zero-order valence-electron chi connectivity index (χ0n) is 4.95. The molecule has 9 heavy (non-hydrogen) atoms. The van der Waals surface area contributed by atoms with Gasteiger partial charge in [-0.25, -0.2) is 8.42 Å². The van der Waals surface area contributed by atoms with Gasteiger partial charge in [-0.15, -0.1) is 0 Å². The molecule has 4 N–H and O–H groups in total. The molecule has 0 aromatic rings. The first kappa shape index (κ1) is 6.98. The third-order valence-electron chi connectivity index (χ3n) is 1.44. The Kier molecular flexibility index (Phi) is 1.50. The van der Waals surface area contributed by atoms with E-state index in [1.165, 1.54) is 0 Å². The number of rotatable bonds is 0. The Balaban J connectivity index is 2.77. The molecule has 5 heteroatoms. The largest absolute Gasteiger partial charge is 0.386 e. The van der Waals surface area contributed by atoms with Crippen molar-refractivity contribution in [3.05, 3.63) is 0 Å². The summed E-state index contributed by atoms with van der Waals surface area (Å²) in [4.78, 5) is 0. The quantitative estimate of drug-likeness (QED) is 0.399. The maximum absolute atomic E-state index is 10.7. The van der Waals surface area contributed by atoms with Crippen LogP contribution in [0.3, 0.4) is 0 Å². The van der Waals surface area contributed by atoms with Gasteiger partial charge in [0.1, 0.15) is 17.9 Å². The van der Waals surface area contributed by atoms with Crippen LogP contribution in [0.25, 0.3) is 0 Å². The number of hydrogen-bond donors (Lipinski definition) is 2. The molecule has 1 saturated heterocycles. The molecule has 0 unspecified atom stereocenters. The Morgan fingerprint density at radius 1 is 1.44 bits per heavy atom. The summed E-state index contributed by atoms with van der Waals surface area (Å²) in [6.07, 6.45) is -0.741. The summed E-state index contributed by atoms with van der Waals surface area (Å²) in [5, 5.41) is 8.89. The van der Waals surface area contributed by atoms with E-state index in [-0.39, 0.29) is 17.5 Å². The molecular formula is C4H10NO3S+. The van der Waals surface area contributed by atoms with E-state index in [9.17, 15) is 8.42 Å². The molecule has 1 rings (SSSR count). The highest BCUT2D eigenvalue weighted by Gasteiger charge is 2.36. The van der Waals surface area contributed by atoms with Gasteiger partial charge in [0.05, 0.1) is 5.75 Å². The fraction of sp³-hybridized carbons (Fsp3) is 1.00. The van der Waals surface area contributed by atoms with Crippen LogP contribution in [0.5, 0.6) is 0 Å². The van der Waals surface area contributed by atoms with Crippen molar-refractivity contribution in [3.63, 3.8) is 0 Å². The second-order valence-electron chi connectivity index (χ2n) is 2.40. The van der Waals surface area contributed by atoms with E-state index in [0.717, 1.165) is 0 Å². The van der Waals surface area contributed by atoms with Crippen LogP contribution in [0.15, 0.2) is 0 Å². The van der Waals surface area contributed by atoms with Gasteiger partial charge in [0.15, 0.2) is 9.84 Å². The normalized spacial score (nSPS) is 41.1. The van der Waals surface area contributed by atoms with E-state index in [0.29, 0.717) is 0 Å². The number of aliphatic hydroxyl groups is 1. The highest BCUT2D eigenvalue weighted by Crippen LogP contribution is 2.07. The SMILES string of the molecule is [NH3+][C@H]1CS(=O)(=O)C[C@H]1O. The number of quaternary nitrogens is 1. The molecule has 0 saturated carbocycles. The summed E-state index contributed by atoms with van der Waals surface area (Å²) >= 11 is 0. The Bertz CT molecular complexity index is 182. The second kappa shape index (κ2) is 1.93. The monoisotopic (exact) mass is 152 g/mol. The highest BCUT2D eigenvalue weighted by atomic mass is 32.2. The molecular weight excluding hydrogens is 142 g/mol. The van der Waals surface area contributed by atoms with E-state index in [1.807, 2.05) is 0 Å². The Labute approximate surface area is 53.6 Å². The van der Waals surface area contributed by atoms with Crippen LogP contribution >= 0.6 is 0 Å². The molecule has 0 radical (unpaired) electrons. The molecule has 0 amide bonds. The maximum atomic E-state index is 10.7. The minimum atomic E-state index is -2.96. The van der Waals surface area contributed by atoms with Gasteiger partial charge in [-0.1, -0.05) is 0 Å². The lowest BCUT2D eigenvalue weighted by Gasteiger charge is -1.98. The first-order valence-corrected chi connectivity index (χ1v) is 4.55. The molecule has 2 atom stereocenters. The van der Waals surface area contributed by atoms with E-state index < -0.39 is 15.9 Å². The lowest BCUT2D eigenvalue weighted by Crippen LogP contribution is -2.66. The van der Waals surface area contributed by atoms with Crippen LogP contribution in [-0.2, 0) is 9.84 Å². The Morgan fingerprint density at radius 2 is 2.00 bits per heavy atom. The molecule has 4 nitrogen and oxygen atoms in total. The van der Waals surface area contributed by atoms with Crippen LogP contribution in [0.4, 0.5) is 0 Å². The molecule has 0 spiro atoms. The highest BCUT2D eigenvalue weighted by molar-refractivity contribution is 7.91. The summed E-state index contributed by atoms with van der Waals surface area (Å²) < 4.78 is 21.3. The van der Waals surface area contributed by atoms with Gasteiger partial charge < -0.3 is 10.8 Å². The summed E-state index contributed by atoms with van der Waals surface area (Å²) in [7, 11) is -2.96. The van der Waals surface area contributed by atoms with Crippen molar-refractivity contribution in [2.24, 2.45) is 0 Å². The van der Waals surface area contributed by atoms with E-state index in [4.69, 9.17) is 5.11 Å². The molecule has 0 aromatic carbocycles. The minimum absolute atomic E-state index is 0.0359. The maximum Gasteiger partial charge on any atom is 0.159 e. The summed E-state index contributed by atoms with van der Waals surface area (Å²) in [6.45, 7) is 0. The predicted octanol–water partition coefficient (Wildman–Crippen LogP) is -2.61. The minimum Gasteiger partial charge on any atom is -0.386 e. The molecule has 1 aliphatic rings. The lowest BCUT2D eigenvalue weighted by atomic mass is 10.2. The molecule has 54 valence electrons. The summed E-state index contributed by atoms with van der Waals surface area (Å²) in [6, 6.07) is -0.324. The fourth-order valence-corrected chi connectivity index (χ4v) is 2.70. The van der Waals surface area contributed by atoms with Gasteiger partial charge in [-0.3, -0.25) is 0 Å². The van der Waals surface area contributed by atoms with Gasteiger partial charge in [-0.05, 0) is 0 Å².